The molecule has 214 valence electrons. The van der Waals surface area contributed by atoms with Gasteiger partial charge in [0.15, 0.2) is 0 Å². The molecule has 1 N–H and O–H groups in total. The van der Waals surface area contributed by atoms with Crippen LogP contribution >= 0.6 is 23.2 Å². The molecule has 0 saturated carbocycles. The molecule has 4 rings (SSSR count). The first-order valence-corrected chi connectivity index (χ1v) is 16.1. The van der Waals surface area contributed by atoms with Crippen molar-refractivity contribution in [3.63, 3.8) is 0 Å². The maximum Gasteiger partial charge on any atom is 0.264 e. The molecule has 1 amide bonds. The van der Waals surface area contributed by atoms with E-state index in [-0.39, 0.29) is 37.0 Å². The first-order valence-electron chi connectivity index (χ1n) is 12.5. The van der Waals surface area contributed by atoms with Crippen LogP contribution in [0.25, 0.3) is 0 Å². The summed E-state index contributed by atoms with van der Waals surface area (Å²) in [6.45, 7) is 2.01. The van der Waals surface area contributed by atoms with Crippen LogP contribution in [0.4, 0.5) is 11.4 Å². The highest BCUT2D eigenvalue weighted by molar-refractivity contribution is 7.92. The van der Waals surface area contributed by atoms with Crippen molar-refractivity contribution in [3.05, 3.63) is 76.3 Å². The van der Waals surface area contributed by atoms with E-state index >= 15 is 0 Å². The van der Waals surface area contributed by atoms with E-state index in [1.807, 2.05) is 6.92 Å². The Morgan fingerprint density at radius 2 is 1.50 bits per heavy atom. The van der Waals surface area contributed by atoms with Gasteiger partial charge in [-0.05, 0) is 68.3 Å². The molecule has 0 aliphatic carbocycles. The number of hydrogen-bond acceptors (Lipinski definition) is 6. The SMILES string of the molecule is COc1ccc(S(=O)(=O)N2CCCCC2)cc1NC(=O)CN(c1cc(Cl)cc(Cl)c1)S(=O)(=O)c1ccc(C)cc1. The number of hydrogen-bond donors (Lipinski definition) is 1. The largest absolute Gasteiger partial charge is 0.495 e. The molecule has 0 atom stereocenters. The Balaban J connectivity index is 1.68. The Bertz CT molecular complexity index is 1590. The molecule has 0 aromatic heterocycles. The number of carbonyl (C=O) groups is 1. The lowest BCUT2D eigenvalue weighted by Gasteiger charge is -2.26. The van der Waals surface area contributed by atoms with Crippen molar-refractivity contribution < 1.29 is 26.4 Å². The number of carbonyl (C=O) groups excluding carboxylic acids is 1. The van der Waals surface area contributed by atoms with Crippen molar-refractivity contribution in [1.29, 1.82) is 0 Å². The van der Waals surface area contributed by atoms with E-state index in [0.717, 1.165) is 29.1 Å². The van der Waals surface area contributed by atoms with Crippen LogP contribution in [0.15, 0.2) is 70.5 Å². The zero-order chi connectivity index (χ0) is 29.1. The van der Waals surface area contributed by atoms with Gasteiger partial charge in [-0.1, -0.05) is 47.3 Å². The van der Waals surface area contributed by atoms with E-state index in [2.05, 4.69) is 5.32 Å². The van der Waals surface area contributed by atoms with Crippen molar-refractivity contribution in [1.82, 2.24) is 4.31 Å². The molecule has 40 heavy (non-hydrogen) atoms. The monoisotopic (exact) mass is 625 g/mol. The maximum atomic E-state index is 13.7. The van der Waals surface area contributed by atoms with Gasteiger partial charge in [0.1, 0.15) is 12.3 Å². The third-order valence-electron chi connectivity index (χ3n) is 6.43. The number of piperidine rings is 1. The molecule has 1 heterocycles. The summed E-state index contributed by atoms with van der Waals surface area (Å²) >= 11 is 12.3. The minimum atomic E-state index is -4.23. The molecule has 1 aliphatic rings. The Morgan fingerprint density at radius 3 is 2.10 bits per heavy atom. The maximum absolute atomic E-state index is 13.7. The molecular formula is C27H29Cl2N3O6S2. The third kappa shape index (κ3) is 6.72. The summed E-state index contributed by atoms with van der Waals surface area (Å²) in [4.78, 5) is 13.3. The van der Waals surface area contributed by atoms with Gasteiger partial charge in [-0.2, -0.15) is 4.31 Å². The Labute approximate surface area is 244 Å². The summed E-state index contributed by atoms with van der Waals surface area (Å²) in [6.07, 6.45) is 2.52. The molecule has 0 spiro atoms. The summed E-state index contributed by atoms with van der Waals surface area (Å²) in [5.74, 6) is -0.526. The van der Waals surface area contributed by atoms with E-state index in [9.17, 15) is 21.6 Å². The minimum Gasteiger partial charge on any atom is -0.495 e. The lowest BCUT2D eigenvalue weighted by atomic mass is 10.2. The number of nitrogens with zero attached hydrogens (tertiary/aromatic N) is 2. The van der Waals surface area contributed by atoms with Crippen molar-refractivity contribution >= 4 is 60.5 Å². The number of rotatable bonds is 9. The van der Waals surface area contributed by atoms with Gasteiger partial charge in [-0.15, -0.1) is 0 Å². The zero-order valence-corrected chi connectivity index (χ0v) is 25.1. The molecule has 0 radical (unpaired) electrons. The van der Waals surface area contributed by atoms with Crippen LogP contribution in [0, 0.1) is 6.92 Å². The second-order valence-corrected chi connectivity index (χ2v) is 14.0. The highest BCUT2D eigenvalue weighted by Gasteiger charge is 2.30. The summed E-state index contributed by atoms with van der Waals surface area (Å²) in [6, 6.07) is 14.6. The summed E-state index contributed by atoms with van der Waals surface area (Å²) < 4.78 is 61.5. The predicted molar refractivity (Wildman–Crippen MR) is 156 cm³/mol. The molecule has 9 nitrogen and oxygen atoms in total. The van der Waals surface area contributed by atoms with Crippen LogP contribution in [-0.4, -0.2) is 53.8 Å². The van der Waals surface area contributed by atoms with Gasteiger partial charge in [0, 0.05) is 23.1 Å². The molecule has 1 saturated heterocycles. The minimum absolute atomic E-state index is 0.00347. The van der Waals surface area contributed by atoms with Crippen molar-refractivity contribution in [2.45, 2.75) is 36.0 Å². The van der Waals surface area contributed by atoms with E-state index < -0.39 is 32.5 Å². The number of nitrogens with one attached hydrogen (secondary N) is 1. The zero-order valence-electron chi connectivity index (χ0n) is 21.9. The molecule has 3 aromatic carbocycles. The molecule has 3 aromatic rings. The van der Waals surface area contributed by atoms with Crippen molar-refractivity contribution in [2.24, 2.45) is 0 Å². The Morgan fingerprint density at radius 1 is 0.900 bits per heavy atom. The van der Waals surface area contributed by atoms with Crippen LogP contribution in [0.2, 0.25) is 10.0 Å². The molecular weight excluding hydrogens is 597 g/mol. The molecule has 0 bridgehead atoms. The molecule has 13 heteroatoms. The van der Waals surface area contributed by atoms with Gasteiger partial charge < -0.3 is 10.1 Å². The fourth-order valence-corrected chi connectivity index (χ4v) is 7.82. The van der Waals surface area contributed by atoms with Gasteiger partial charge in [0.05, 0.1) is 28.3 Å². The number of sulfonamides is 2. The lowest BCUT2D eigenvalue weighted by Crippen LogP contribution is -2.38. The Kier molecular flexibility index (Phi) is 9.31. The summed E-state index contributed by atoms with van der Waals surface area (Å²) in [5.41, 5.74) is 1.03. The van der Waals surface area contributed by atoms with E-state index in [4.69, 9.17) is 27.9 Å². The highest BCUT2D eigenvalue weighted by atomic mass is 35.5. The average Bonchev–Trinajstić information content (AvgIpc) is 2.91. The van der Waals surface area contributed by atoms with E-state index in [0.29, 0.717) is 13.1 Å². The average molecular weight is 627 g/mol. The number of benzene rings is 3. The van der Waals surface area contributed by atoms with Gasteiger partial charge in [0.2, 0.25) is 15.9 Å². The normalized spacial score (nSPS) is 14.5. The van der Waals surface area contributed by atoms with Crippen LogP contribution < -0.4 is 14.4 Å². The summed E-state index contributed by atoms with van der Waals surface area (Å²) in [5, 5.41) is 2.99. The number of ether oxygens (including phenoxy) is 1. The third-order valence-corrected chi connectivity index (χ3v) is 10.5. The van der Waals surface area contributed by atoms with Crippen LogP contribution in [0.3, 0.4) is 0 Å². The van der Waals surface area contributed by atoms with E-state index in [1.54, 1.807) is 12.1 Å². The first kappa shape index (κ1) is 30.1. The predicted octanol–water partition coefficient (Wildman–Crippen LogP) is 5.32. The number of amides is 1. The molecule has 0 unspecified atom stereocenters. The Hall–Kier alpha value is -2.83. The van der Waals surface area contributed by atoms with Crippen LogP contribution in [0.5, 0.6) is 5.75 Å². The van der Waals surface area contributed by atoms with Gasteiger partial charge >= 0.3 is 0 Å². The number of methoxy groups -OCH3 is 1. The topological polar surface area (TPSA) is 113 Å². The van der Waals surface area contributed by atoms with Crippen molar-refractivity contribution in [2.75, 3.05) is 36.4 Å². The second-order valence-electron chi connectivity index (χ2n) is 9.33. The fourth-order valence-electron chi connectivity index (χ4n) is 4.36. The van der Waals surface area contributed by atoms with Crippen molar-refractivity contribution in [3.8, 4) is 5.75 Å². The fraction of sp³-hybridized carbons (Fsp3) is 0.296. The van der Waals surface area contributed by atoms with Gasteiger partial charge in [-0.25, -0.2) is 16.8 Å². The van der Waals surface area contributed by atoms with Gasteiger partial charge in [-0.3, -0.25) is 9.10 Å². The standard InChI is InChI=1S/C27H29Cl2N3O6S2/c1-19-6-8-23(9-7-19)40(36,37)32(22-15-20(28)14-21(29)16-22)18-27(33)30-25-17-24(10-11-26(25)38-2)39(34,35)31-12-4-3-5-13-31/h6-11,14-17H,3-5,12-13,18H2,1-2H3,(H,30,33). The van der Waals surface area contributed by atoms with Crippen LogP contribution in [-0.2, 0) is 24.8 Å². The number of anilines is 2. The van der Waals surface area contributed by atoms with Crippen LogP contribution in [0.1, 0.15) is 24.8 Å². The first-order chi connectivity index (χ1) is 18.9. The second kappa shape index (κ2) is 12.4. The van der Waals surface area contributed by atoms with E-state index in [1.165, 1.54) is 59.9 Å². The molecule has 1 fully saturated rings. The number of aryl methyl sites for hydroxylation is 1. The van der Waals surface area contributed by atoms with Gasteiger partial charge in [0.25, 0.3) is 10.0 Å². The number of halogens is 2. The highest BCUT2D eigenvalue weighted by Crippen LogP contribution is 2.32. The summed E-state index contributed by atoms with van der Waals surface area (Å²) in [7, 11) is -6.64. The lowest BCUT2D eigenvalue weighted by molar-refractivity contribution is -0.114. The smallest absolute Gasteiger partial charge is 0.264 e. The molecule has 1 aliphatic heterocycles. The quantitative estimate of drug-likeness (QED) is 0.344.